The van der Waals surface area contributed by atoms with Crippen molar-refractivity contribution in [3.05, 3.63) is 0 Å². The molecule has 4 atom stereocenters. The van der Waals surface area contributed by atoms with Crippen LogP contribution in [-0.2, 0) is 0 Å². The molecule has 2 heteroatoms. The van der Waals surface area contributed by atoms with Gasteiger partial charge < -0.3 is 5.11 Å². The summed E-state index contributed by atoms with van der Waals surface area (Å²) in [7, 11) is 0. The van der Waals surface area contributed by atoms with Crippen LogP contribution in [0.5, 0.6) is 0 Å². The number of fused-ring (bicyclic) bond motifs is 1. The normalized spacial score (nSPS) is 48.5. The average Bonchev–Trinajstić information content (AvgIpc) is 2.04. The summed E-state index contributed by atoms with van der Waals surface area (Å²) in [6, 6.07) is 0. The first-order valence-corrected chi connectivity index (χ1v) is 6.05. The third kappa shape index (κ3) is 1.64. The molecule has 1 heterocycles. The fourth-order valence-corrected chi connectivity index (χ4v) is 4.33. The maximum absolute atomic E-state index is 9.86. The second kappa shape index (κ2) is 3.59. The number of aliphatic hydroxyl groups is 1. The quantitative estimate of drug-likeness (QED) is 0.627. The van der Waals surface area contributed by atoms with Gasteiger partial charge in [0.05, 0.1) is 6.10 Å². The van der Waals surface area contributed by atoms with E-state index in [9.17, 15) is 5.11 Å². The van der Waals surface area contributed by atoms with E-state index >= 15 is 0 Å². The van der Waals surface area contributed by atoms with Gasteiger partial charge >= 0.3 is 0 Å². The van der Waals surface area contributed by atoms with Crippen molar-refractivity contribution >= 4 is 11.8 Å². The van der Waals surface area contributed by atoms with Crippen LogP contribution in [0.15, 0.2) is 0 Å². The standard InChI is InChI=1S/C10H18OS/c1-7-6-9(11)8-4-2-3-5-10(8)12-7/h7-11H,2-6H2,1H3/t7-,8-,9+,10-/m0/s1. The van der Waals surface area contributed by atoms with Crippen molar-refractivity contribution in [3.8, 4) is 0 Å². The highest BCUT2D eigenvalue weighted by molar-refractivity contribution is 8.00. The lowest BCUT2D eigenvalue weighted by Gasteiger charge is -2.41. The van der Waals surface area contributed by atoms with Gasteiger partial charge in [0, 0.05) is 10.5 Å². The largest absolute Gasteiger partial charge is 0.393 e. The van der Waals surface area contributed by atoms with E-state index in [1.807, 2.05) is 0 Å². The van der Waals surface area contributed by atoms with Crippen molar-refractivity contribution in [1.29, 1.82) is 0 Å². The Hall–Kier alpha value is 0.310. The van der Waals surface area contributed by atoms with Crippen LogP contribution in [0.3, 0.4) is 0 Å². The molecule has 0 aromatic heterocycles. The molecule has 1 aliphatic heterocycles. The number of thioether (sulfide) groups is 1. The van der Waals surface area contributed by atoms with E-state index in [-0.39, 0.29) is 6.10 Å². The molecule has 0 bridgehead atoms. The first-order chi connectivity index (χ1) is 5.77. The van der Waals surface area contributed by atoms with Crippen LogP contribution in [-0.4, -0.2) is 21.7 Å². The van der Waals surface area contributed by atoms with Crippen LogP contribution in [0.25, 0.3) is 0 Å². The molecule has 70 valence electrons. The van der Waals surface area contributed by atoms with Crippen molar-refractivity contribution in [2.75, 3.05) is 0 Å². The molecular formula is C10H18OS. The molecule has 1 nitrogen and oxygen atoms in total. The Bertz CT molecular complexity index is 160. The Balaban J connectivity index is 2.01. The minimum absolute atomic E-state index is 0.00606. The van der Waals surface area contributed by atoms with E-state index in [0.717, 1.165) is 11.7 Å². The number of rotatable bonds is 0. The summed E-state index contributed by atoms with van der Waals surface area (Å²) in [5, 5.41) is 11.3. The fourth-order valence-electron chi connectivity index (χ4n) is 2.60. The molecule has 1 saturated heterocycles. The third-order valence-corrected chi connectivity index (χ3v) is 4.82. The van der Waals surface area contributed by atoms with Gasteiger partial charge in [0.1, 0.15) is 0 Å². The summed E-state index contributed by atoms with van der Waals surface area (Å²) in [4.78, 5) is 0. The highest BCUT2D eigenvalue weighted by Gasteiger charge is 2.36. The van der Waals surface area contributed by atoms with E-state index in [0.29, 0.717) is 11.2 Å². The van der Waals surface area contributed by atoms with Crippen molar-refractivity contribution < 1.29 is 5.11 Å². The van der Waals surface area contributed by atoms with Crippen LogP contribution in [0.2, 0.25) is 0 Å². The Labute approximate surface area is 78.9 Å². The Morgan fingerprint density at radius 3 is 2.83 bits per heavy atom. The maximum atomic E-state index is 9.86. The molecule has 1 N–H and O–H groups in total. The van der Waals surface area contributed by atoms with Crippen LogP contribution < -0.4 is 0 Å². The first-order valence-electron chi connectivity index (χ1n) is 5.11. The minimum atomic E-state index is 0.00606. The lowest BCUT2D eigenvalue weighted by molar-refractivity contribution is 0.0753. The molecule has 2 fully saturated rings. The smallest absolute Gasteiger partial charge is 0.0589 e. The highest BCUT2D eigenvalue weighted by Crippen LogP contribution is 2.43. The van der Waals surface area contributed by atoms with Gasteiger partial charge in [0.25, 0.3) is 0 Å². The van der Waals surface area contributed by atoms with Crippen LogP contribution in [0.1, 0.15) is 39.0 Å². The second-order valence-electron chi connectivity index (χ2n) is 4.24. The van der Waals surface area contributed by atoms with Gasteiger partial charge in [-0.25, -0.2) is 0 Å². The summed E-state index contributed by atoms with van der Waals surface area (Å²) < 4.78 is 0. The summed E-state index contributed by atoms with van der Waals surface area (Å²) in [6.45, 7) is 2.25. The molecule has 2 aliphatic rings. The van der Waals surface area contributed by atoms with E-state index in [1.165, 1.54) is 25.7 Å². The topological polar surface area (TPSA) is 20.2 Å². The Morgan fingerprint density at radius 2 is 2.00 bits per heavy atom. The van der Waals surface area contributed by atoms with Gasteiger partial charge in [-0.15, -0.1) is 0 Å². The predicted octanol–water partition coefficient (Wildman–Crippen LogP) is 2.43. The molecule has 0 radical (unpaired) electrons. The fraction of sp³-hybridized carbons (Fsp3) is 1.00. The molecule has 0 spiro atoms. The monoisotopic (exact) mass is 186 g/mol. The van der Waals surface area contributed by atoms with Gasteiger partial charge in [-0.2, -0.15) is 11.8 Å². The minimum Gasteiger partial charge on any atom is -0.393 e. The molecule has 1 saturated carbocycles. The van der Waals surface area contributed by atoms with E-state index in [2.05, 4.69) is 18.7 Å². The Kier molecular flexibility index (Phi) is 2.66. The van der Waals surface area contributed by atoms with Crippen molar-refractivity contribution in [2.45, 2.75) is 55.6 Å². The molecule has 0 unspecified atom stereocenters. The zero-order valence-electron chi connectivity index (χ0n) is 7.70. The number of hydrogen-bond donors (Lipinski definition) is 1. The van der Waals surface area contributed by atoms with E-state index < -0.39 is 0 Å². The third-order valence-electron chi connectivity index (χ3n) is 3.23. The van der Waals surface area contributed by atoms with Gasteiger partial charge in [-0.3, -0.25) is 0 Å². The van der Waals surface area contributed by atoms with Crippen LogP contribution in [0.4, 0.5) is 0 Å². The Morgan fingerprint density at radius 1 is 1.25 bits per heavy atom. The van der Waals surface area contributed by atoms with Crippen molar-refractivity contribution in [2.24, 2.45) is 5.92 Å². The lowest BCUT2D eigenvalue weighted by atomic mass is 9.83. The zero-order valence-corrected chi connectivity index (χ0v) is 8.52. The number of hydrogen-bond acceptors (Lipinski definition) is 2. The molecule has 0 amide bonds. The van der Waals surface area contributed by atoms with Crippen LogP contribution >= 0.6 is 11.8 Å². The lowest BCUT2D eigenvalue weighted by Crippen LogP contribution is -2.39. The van der Waals surface area contributed by atoms with Gasteiger partial charge in [0.15, 0.2) is 0 Å². The highest BCUT2D eigenvalue weighted by atomic mass is 32.2. The van der Waals surface area contributed by atoms with Gasteiger partial charge in [0.2, 0.25) is 0 Å². The van der Waals surface area contributed by atoms with E-state index in [1.54, 1.807) is 0 Å². The SMILES string of the molecule is C[C@H]1C[C@@H](O)[C@@H]2CCCC[C@@H]2S1. The molecular weight excluding hydrogens is 168 g/mol. The maximum Gasteiger partial charge on any atom is 0.0589 e. The predicted molar refractivity (Wildman–Crippen MR) is 53.4 cm³/mol. The van der Waals surface area contributed by atoms with Crippen LogP contribution in [0, 0.1) is 5.92 Å². The number of aliphatic hydroxyl groups excluding tert-OH is 1. The molecule has 1 aliphatic carbocycles. The molecule has 0 aromatic rings. The summed E-state index contributed by atoms with van der Waals surface area (Å²) in [6.07, 6.45) is 6.36. The molecule has 0 aromatic carbocycles. The summed E-state index contributed by atoms with van der Waals surface area (Å²) in [5.74, 6) is 0.625. The summed E-state index contributed by atoms with van der Waals surface area (Å²) in [5.41, 5.74) is 0. The van der Waals surface area contributed by atoms with Gasteiger partial charge in [-0.05, 0) is 25.2 Å². The first kappa shape index (κ1) is 8.89. The average molecular weight is 186 g/mol. The van der Waals surface area contributed by atoms with Gasteiger partial charge in [-0.1, -0.05) is 19.8 Å². The van der Waals surface area contributed by atoms with Crippen molar-refractivity contribution in [3.63, 3.8) is 0 Å². The second-order valence-corrected chi connectivity index (χ2v) is 5.92. The van der Waals surface area contributed by atoms with Crippen molar-refractivity contribution in [1.82, 2.24) is 0 Å². The molecule has 2 rings (SSSR count). The zero-order chi connectivity index (χ0) is 8.55. The van der Waals surface area contributed by atoms with E-state index in [4.69, 9.17) is 0 Å². The molecule has 12 heavy (non-hydrogen) atoms. The summed E-state index contributed by atoms with van der Waals surface area (Å²) >= 11 is 2.11.